The summed E-state index contributed by atoms with van der Waals surface area (Å²) in [4.78, 5) is 12.2. The molecule has 0 aromatic heterocycles. The lowest BCUT2D eigenvalue weighted by Crippen LogP contribution is -2.34. The van der Waals surface area contributed by atoms with E-state index in [-0.39, 0.29) is 22.7 Å². The van der Waals surface area contributed by atoms with Crippen molar-refractivity contribution in [2.75, 3.05) is 20.8 Å². The molecule has 0 spiro atoms. The van der Waals surface area contributed by atoms with Crippen molar-refractivity contribution in [3.05, 3.63) is 23.8 Å². The number of carbonyl (C=O) groups excluding carboxylic acids is 1. The number of methoxy groups -OCH3 is 2. The largest absolute Gasteiger partial charge is 0.497 e. The van der Waals surface area contributed by atoms with Gasteiger partial charge in [0.25, 0.3) is 0 Å². The van der Waals surface area contributed by atoms with Crippen LogP contribution in [0.1, 0.15) is 25.0 Å². The average Bonchev–Trinajstić information content (AvgIpc) is 3.12. The highest BCUT2D eigenvalue weighted by atomic mass is 79.9. The van der Waals surface area contributed by atoms with Crippen LogP contribution < -0.4 is 14.8 Å². The van der Waals surface area contributed by atoms with Crippen molar-refractivity contribution < 1.29 is 19.4 Å². The first kappa shape index (κ1) is 16.1. The fraction of sp³-hybridized carbons (Fsp3) is 0.533. The Balaban J connectivity index is 2.00. The summed E-state index contributed by atoms with van der Waals surface area (Å²) < 4.78 is 10.3. The number of nitrogens with one attached hydrogen (secondary N) is 1. The highest BCUT2D eigenvalue weighted by molar-refractivity contribution is 9.09. The van der Waals surface area contributed by atoms with E-state index in [4.69, 9.17) is 9.47 Å². The number of carbonyl (C=O) groups is 1. The van der Waals surface area contributed by atoms with Gasteiger partial charge >= 0.3 is 0 Å². The average molecular weight is 358 g/mol. The molecule has 6 heteroatoms. The van der Waals surface area contributed by atoms with Crippen molar-refractivity contribution in [2.24, 2.45) is 5.41 Å². The molecule has 0 heterocycles. The van der Waals surface area contributed by atoms with E-state index >= 15 is 0 Å². The van der Waals surface area contributed by atoms with Gasteiger partial charge in [-0.2, -0.15) is 0 Å². The summed E-state index contributed by atoms with van der Waals surface area (Å²) in [6, 6.07) is 5.19. The minimum Gasteiger partial charge on any atom is -0.497 e. The summed E-state index contributed by atoms with van der Waals surface area (Å²) in [5.41, 5.74) is 0.286. The second-order valence-electron chi connectivity index (χ2n) is 5.46. The van der Waals surface area contributed by atoms with Gasteiger partial charge in [0.1, 0.15) is 11.5 Å². The highest BCUT2D eigenvalue weighted by Gasteiger charge is 2.54. The third kappa shape index (κ3) is 3.49. The van der Waals surface area contributed by atoms with E-state index in [1.54, 1.807) is 32.4 Å². The number of ether oxygens (including phenoxy) is 2. The SMILES string of the molecule is COc1cc(OC)cc(C(O)CNC(=O)C2(C)CC2Br)c1. The van der Waals surface area contributed by atoms with Gasteiger partial charge in [-0.1, -0.05) is 15.9 Å². The van der Waals surface area contributed by atoms with Gasteiger partial charge in [0, 0.05) is 17.4 Å². The monoisotopic (exact) mass is 357 g/mol. The van der Waals surface area contributed by atoms with Crippen molar-refractivity contribution in [3.8, 4) is 11.5 Å². The highest BCUT2D eigenvalue weighted by Crippen LogP contribution is 2.51. The second-order valence-corrected chi connectivity index (χ2v) is 6.57. The molecule has 5 nitrogen and oxygen atoms in total. The number of alkyl halides is 1. The van der Waals surface area contributed by atoms with E-state index < -0.39 is 6.10 Å². The zero-order valence-electron chi connectivity index (χ0n) is 12.4. The number of hydrogen-bond donors (Lipinski definition) is 2. The molecule has 0 radical (unpaired) electrons. The Labute approximate surface area is 132 Å². The number of halogens is 1. The lowest BCUT2D eigenvalue weighted by atomic mass is 10.1. The number of amides is 1. The maximum atomic E-state index is 12.0. The number of aliphatic hydroxyl groups is 1. The first-order valence-electron chi connectivity index (χ1n) is 6.74. The fourth-order valence-electron chi connectivity index (χ4n) is 2.08. The van der Waals surface area contributed by atoms with Crippen molar-refractivity contribution in [1.29, 1.82) is 0 Å². The summed E-state index contributed by atoms with van der Waals surface area (Å²) in [6.45, 7) is 2.06. The number of aliphatic hydroxyl groups excluding tert-OH is 1. The minimum atomic E-state index is -0.811. The van der Waals surface area contributed by atoms with Gasteiger partial charge in [0.05, 0.1) is 25.7 Å². The fourth-order valence-corrected chi connectivity index (χ4v) is 2.96. The van der Waals surface area contributed by atoms with Gasteiger partial charge in [-0.25, -0.2) is 0 Å². The summed E-state index contributed by atoms with van der Waals surface area (Å²) in [5.74, 6) is 1.16. The molecular formula is C15H20BrNO4. The van der Waals surface area contributed by atoms with Crippen LogP contribution in [-0.2, 0) is 4.79 Å². The molecule has 3 atom stereocenters. The molecular weight excluding hydrogens is 338 g/mol. The van der Waals surface area contributed by atoms with Gasteiger partial charge in [-0.3, -0.25) is 4.79 Å². The molecule has 116 valence electrons. The Morgan fingerprint density at radius 1 is 1.43 bits per heavy atom. The quantitative estimate of drug-likeness (QED) is 0.764. The maximum absolute atomic E-state index is 12.0. The van der Waals surface area contributed by atoms with Crippen LogP contribution in [0.3, 0.4) is 0 Å². The first-order chi connectivity index (χ1) is 9.90. The molecule has 3 unspecified atom stereocenters. The minimum absolute atomic E-state index is 0.0433. The van der Waals surface area contributed by atoms with Crippen molar-refractivity contribution in [1.82, 2.24) is 5.32 Å². The second kappa shape index (κ2) is 6.23. The number of hydrogen-bond acceptors (Lipinski definition) is 4. The first-order valence-corrected chi connectivity index (χ1v) is 7.65. The Kier molecular flexibility index (Phi) is 4.78. The molecule has 1 amide bonds. The summed E-state index contributed by atoms with van der Waals surface area (Å²) in [7, 11) is 3.10. The van der Waals surface area contributed by atoms with Crippen molar-refractivity contribution in [3.63, 3.8) is 0 Å². The van der Waals surface area contributed by atoms with Crippen LogP contribution in [0, 0.1) is 5.41 Å². The Hall–Kier alpha value is -1.27. The van der Waals surface area contributed by atoms with Crippen molar-refractivity contribution >= 4 is 21.8 Å². The van der Waals surface area contributed by atoms with Gasteiger partial charge in [-0.15, -0.1) is 0 Å². The number of rotatable bonds is 6. The molecule has 1 aromatic carbocycles. The molecule has 21 heavy (non-hydrogen) atoms. The standard InChI is InChI=1S/C15H20BrNO4/c1-15(7-13(15)16)14(19)17-8-12(18)9-4-10(20-2)6-11(5-9)21-3/h4-6,12-13,18H,7-8H2,1-3H3,(H,17,19). The van der Waals surface area contributed by atoms with Crippen LogP contribution >= 0.6 is 15.9 Å². The molecule has 1 aliphatic carbocycles. The van der Waals surface area contributed by atoms with E-state index in [0.29, 0.717) is 17.1 Å². The van der Waals surface area contributed by atoms with E-state index in [9.17, 15) is 9.90 Å². The summed E-state index contributed by atoms with van der Waals surface area (Å²) >= 11 is 3.44. The Morgan fingerprint density at radius 2 is 1.95 bits per heavy atom. The molecule has 2 N–H and O–H groups in total. The van der Waals surface area contributed by atoms with Gasteiger partial charge in [0.2, 0.25) is 5.91 Å². The number of benzene rings is 1. The molecule has 2 rings (SSSR count). The normalized spacial score (nSPS) is 25.1. The Morgan fingerprint density at radius 3 is 2.38 bits per heavy atom. The zero-order valence-corrected chi connectivity index (χ0v) is 13.9. The molecule has 0 saturated heterocycles. The topological polar surface area (TPSA) is 67.8 Å². The van der Waals surface area contributed by atoms with Crippen LogP contribution in [0.25, 0.3) is 0 Å². The summed E-state index contributed by atoms with van der Waals surface area (Å²) in [5, 5.41) is 13.0. The van der Waals surface area contributed by atoms with E-state index in [1.165, 1.54) is 0 Å². The van der Waals surface area contributed by atoms with Crippen LogP contribution in [0.4, 0.5) is 0 Å². The maximum Gasteiger partial charge on any atom is 0.227 e. The molecule has 1 saturated carbocycles. The Bertz CT molecular complexity index is 514. The van der Waals surface area contributed by atoms with E-state index in [1.807, 2.05) is 6.92 Å². The van der Waals surface area contributed by atoms with Crippen LogP contribution in [0.2, 0.25) is 0 Å². The molecule has 0 aliphatic heterocycles. The van der Waals surface area contributed by atoms with Crippen LogP contribution in [0.5, 0.6) is 11.5 Å². The van der Waals surface area contributed by atoms with E-state index in [0.717, 1.165) is 6.42 Å². The molecule has 1 fully saturated rings. The summed E-state index contributed by atoms with van der Waals surface area (Å²) in [6.07, 6.45) is 0.0103. The van der Waals surface area contributed by atoms with Gasteiger partial charge in [0.15, 0.2) is 0 Å². The van der Waals surface area contributed by atoms with Crippen LogP contribution in [0.15, 0.2) is 18.2 Å². The zero-order chi connectivity index (χ0) is 15.6. The molecule has 0 bridgehead atoms. The third-order valence-electron chi connectivity index (χ3n) is 3.87. The lowest BCUT2D eigenvalue weighted by molar-refractivity contribution is -0.126. The predicted octanol–water partition coefficient (Wildman–Crippen LogP) is 2.03. The van der Waals surface area contributed by atoms with E-state index in [2.05, 4.69) is 21.2 Å². The van der Waals surface area contributed by atoms with Gasteiger partial charge < -0.3 is 19.9 Å². The van der Waals surface area contributed by atoms with Gasteiger partial charge in [-0.05, 0) is 31.0 Å². The molecule has 1 aromatic rings. The van der Waals surface area contributed by atoms with Crippen molar-refractivity contribution in [2.45, 2.75) is 24.3 Å². The third-order valence-corrected chi connectivity index (χ3v) is 5.20. The van der Waals surface area contributed by atoms with Crippen LogP contribution in [-0.4, -0.2) is 36.6 Å². The predicted molar refractivity (Wildman–Crippen MR) is 83.0 cm³/mol. The molecule has 1 aliphatic rings. The lowest BCUT2D eigenvalue weighted by Gasteiger charge is -2.16. The smallest absolute Gasteiger partial charge is 0.227 e.